The van der Waals surface area contributed by atoms with E-state index in [0.717, 1.165) is 6.07 Å². The number of nitrogens with one attached hydrogen (secondary N) is 1. The number of hydrogen-bond donors (Lipinski definition) is 2. The van der Waals surface area contributed by atoms with Crippen LogP contribution in [0.3, 0.4) is 0 Å². The van der Waals surface area contributed by atoms with Crippen molar-refractivity contribution in [2.45, 2.75) is 13.0 Å². The molecule has 2 N–H and O–H groups in total. The smallest absolute Gasteiger partial charge is 0.257 e. The SMILES string of the molecule is COc1cc(C(=O)Nc2nc(C(C)O)cs2)ccc1F. The van der Waals surface area contributed by atoms with Gasteiger partial charge in [0, 0.05) is 10.9 Å². The molecule has 0 fully saturated rings. The summed E-state index contributed by atoms with van der Waals surface area (Å²) in [6.07, 6.45) is -0.692. The lowest BCUT2D eigenvalue weighted by molar-refractivity contribution is 0.102. The standard InChI is InChI=1S/C13H13FN2O3S/c1-7(17)10-6-20-13(15-10)16-12(18)8-3-4-9(14)11(5-8)19-2/h3-7,17H,1-2H3,(H,15,16,18). The average molecular weight is 296 g/mol. The molecule has 7 heteroatoms. The molecule has 2 aromatic rings. The predicted octanol–water partition coefficient (Wildman–Crippen LogP) is 2.60. The van der Waals surface area contributed by atoms with E-state index in [1.807, 2.05) is 0 Å². The molecule has 2 rings (SSSR count). The Morgan fingerprint density at radius 1 is 1.55 bits per heavy atom. The fourth-order valence-electron chi connectivity index (χ4n) is 1.51. The maximum atomic E-state index is 13.3. The molecular weight excluding hydrogens is 283 g/mol. The number of aromatic nitrogens is 1. The molecule has 0 aliphatic heterocycles. The predicted molar refractivity (Wildman–Crippen MR) is 73.7 cm³/mol. The molecule has 1 unspecified atom stereocenters. The van der Waals surface area contributed by atoms with E-state index in [-0.39, 0.29) is 11.3 Å². The minimum absolute atomic E-state index is 0.00135. The molecule has 5 nitrogen and oxygen atoms in total. The number of anilines is 1. The number of ether oxygens (including phenoxy) is 1. The van der Waals surface area contributed by atoms with Crippen LogP contribution < -0.4 is 10.1 Å². The van der Waals surface area contributed by atoms with Crippen molar-refractivity contribution in [2.75, 3.05) is 12.4 Å². The number of thiazole rings is 1. The molecule has 0 aliphatic rings. The first kappa shape index (κ1) is 14.4. The fourth-order valence-corrected chi connectivity index (χ4v) is 2.30. The molecule has 0 spiro atoms. The third kappa shape index (κ3) is 3.12. The van der Waals surface area contributed by atoms with Crippen LogP contribution in [0.5, 0.6) is 5.75 Å². The van der Waals surface area contributed by atoms with Gasteiger partial charge < -0.3 is 9.84 Å². The topological polar surface area (TPSA) is 71.5 Å². The highest BCUT2D eigenvalue weighted by Crippen LogP contribution is 2.22. The quantitative estimate of drug-likeness (QED) is 0.909. The Bertz CT molecular complexity index is 628. The van der Waals surface area contributed by atoms with Gasteiger partial charge in [-0.25, -0.2) is 9.37 Å². The third-order valence-corrected chi connectivity index (χ3v) is 3.36. The number of amides is 1. The second kappa shape index (κ2) is 5.98. The maximum Gasteiger partial charge on any atom is 0.257 e. The van der Waals surface area contributed by atoms with E-state index in [9.17, 15) is 14.3 Å². The van der Waals surface area contributed by atoms with Crippen LogP contribution in [0.2, 0.25) is 0 Å². The second-order valence-corrected chi connectivity index (χ2v) is 4.92. The summed E-state index contributed by atoms with van der Waals surface area (Å²) in [6, 6.07) is 3.83. The highest BCUT2D eigenvalue weighted by Gasteiger charge is 2.13. The van der Waals surface area contributed by atoms with Crippen LogP contribution in [-0.4, -0.2) is 23.1 Å². The van der Waals surface area contributed by atoms with Gasteiger partial charge in [0.1, 0.15) is 0 Å². The third-order valence-electron chi connectivity index (χ3n) is 2.58. The molecule has 20 heavy (non-hydrogen) atoms. The Labute approximate surface area is 119 Å². The van der Waals surface area contributed by atoms with E-state index in [4.69, 9.17) is 4.74 Å². The Morgan fingerprint density at radius 2 is 2.30 bits per heavy atom. The summed E-state index contributed by atoms with van der Waals surface area (Å²) in [5.74, 6) is -0.953. The monoisotopic (exact) mass is 296 g/mol. The first-order chi connectivity index (χ1) is 9.51. The number of nitrogens with zero attached hydrogens (tertiary/aromatic N) is 1. The first-order valence-electron chi connectivity index (χ1n) is 5.79. The summed E-state index contributed by atoms with van der Waals surface area (Å²) >= 11 is 1.21. The zero-order valence-corrected chi connectivity index (χ0v) is 11.7. The summed E-state index contributed by atoms with van der Waals surface area (Å²) in [5, 5.41) is 14.0. The summed E-state index contributed by atoms with van der Waals surface area (Å²) in [4.78, 5) is 16.1. The molecule has 0 saturated carbocycles. The molecule has 1 aromatic carbocycles. The van der Waals surface area contributed by atoms with E-state index in [0.29, 0.717) is 10.8 Å². The number of rotatable bonds is 4. The summed E-state index contributed by atoms with van der Waals surface area (Å²) in [5.41, 5.74) is 0.749. The Hall–Kier alpha value is -1.99. The lowest BCUT2D eigenvalue weighted by Gasteiger charge is -2.05. The summed E-state index contributed by atoms with van der Waals surface area (Å²) in [7, 11) is 1.33. The van der Waals surface area contributed by atoms with E-state index < -0.39 is 17.8 Å². The minimum atomic E-state index is -0.692. The van der Waals surface area contributed by atoms with E-state index in [2.05, 4.69) is 10.3 Å². The van der Waals surface area contributed by atoms with Crippen molar-refractivity contribution >= 4 is 22.4 Å². The van der Waals surface area contributed by atoms with E-state index >= 15 is 0 Å². The number of carbonyl (C=O) groups is 1. The molecule has 1 aromatic heterocycles. The van der Waals surface area contributed by atoms with Gasteiger partial charge in [-0.1, -0.05) is 0 Å². The van der Waals surface area contributed by atoms with Crippen LogP contribution in [0.25, 0.3) is 0 Å². The van der Waals surface area contributed by atoms with Crippen molar-refractivity contribution in [2.24, 2.45) is 0 Å². The van der Waals surface area contributed by atoms with Crippen molar-refractivity contribution in [3.8, 4) is 5.75 Å². The molecule has 0 bridgehead atoms. The highest BCUT2D eigenvalue weighted by molar-refractivity contribution is 7.14. The number of hydrogen-bond acceptors (Lipinski definition) is 5. The number of aliphatic hydroxyl groups excluding tert-OH is 1. The van der Waals surface area contributed by atoms with Gasteiger partial charge in [-0.15, -0.1) is 11.3 Å². The van der Waals surface area contributed by atoms with Crippen LogP contribution in [0, 0.1) is 5.82 Å². The molecule has 1 heterocycles. The van der Waals surface area contributed by atoms with Gasteiger partial charge in [-0.3, -0.25) is 10.1 Å². The maximum absolute atomic E-state index is 13.3. The summed E-state index contributed by atoms with van der Waals surface area (Å²) in [6.45, 7) is 1.59. The van der Waals surface area contributed by atoms with Crippen LogP contribution >= 0.6 is 11.3 Å². The van der Waals surface area contributed by atoms with Gasteiger partial charge in [-0.05, 0) is 25.1 Å². The van der Waals surface area contributed by atoms with Crippen LogP contribution in [0.1, 0.15) is 29.1 Å². The largest absolute Gasteiger partial charge is 0.494 e. The van der Waals surface area contributed by atoms with Gasteiger partial charge in [0.25, 0.3) is 5.91 Å². The molecule has 1 atom stereocenters. The number of benzene rings is 1. The van der Waals surface area contributed by atoms with Gasteiger partial charge in [0.15, 0.2) is 16.7 Å². The van der Waals surface area contributed by atoms with Gasteiger partial charge >= 0.3 is 0 Å². The van der Waals surface area contributed by atoms with Crippen molar-refractivity contribution in [3.05, 3.63) is 40.7 Å². The van der Waals surface area contributed by atoms with Crippen molar-refractivity contribution in [3.63, 3.8) is 0 Å². The zero-order chi connectivity index (χ0) is 14.7. The molecule has 106 valence electrons. The summed E-state index contributed by atoms with van der Waals surface area (Å²) < 4.78 is 18.1. The molecule has 0 aliphatic carbocycles. The first-order valence-corrected chi connectivity index (χ1v) is 6.67. The second-order valence-electron chi connectivity index (χ2n) is 4.06. The van der Waals surface area contributed by atoms with Crippen molar-refractivity contribution < 1.29 is 19.0 Å². The Morgan fingerprint density at radius 3 is 2.90 bits per heavy atom. The van der Waals surface area contributed by atoms with E-state index in [1.54, 1.807) is 12.3 Å². The van der Waals surface area contributed by atoms with Crippen LogP contribution in [-0.2, 0) is 0 Å². The number of methoxy groups -OCH3 is 1. The minimum Gasteiger partial charge on any atom is -0.494 e. The zero-order valence-electron chi connectivity index (χ0n) is 10.9. The number of carbonyl (C=O) groups excluding carboxylic acids is 1. The van der Waals surface area contributed by atoms with Gasteiger partial charge in [-0.2, -0.15) is 0 Å². The van der Waals surface area contributed by atoms with Gasteiger partial charge in [0.05, 0.1) is 18.9 Å². The lowest BCUT2D eigenvalue weighted by atomic mass is 10.2. The van der Waals surface area contributed by atoms with Crippen molar-refractivity contribution in [1.29, 1.82) is 0 Å². The van der Waals surface area contributed by atoms with E-state index in [1.165, 1.54) is 30.6 Å². The van der Waals surface area contributed by atoms with Crippen LogP contribution in [0.15, 0.2) is 23.6 Å². The number of halogens is 1. The Kier molecular flexibility index (Phi) is 4.31. The number of aliphatic hydroxyl groups is 1. The fraction of sp³-hybridized carbons (Fsp3) is 0.231. The lowest BCUT2D eigenvalue weighted by Crippen LogP contribution is -2.12. The van der Waals surface area contributed by atoms with Gasteiger partial charge in [0.2, 0.25) is 0 Å². The Balaban J connectivity index is 2.15. The van der Waals surface area contributed by atoms with Crippen molar-refractivity contribution in [1.82, 2.24) is 4.98 Å². The molecular formula is C13H13FN2O3S. The average Bonchev–Trinajstić information content (AvgIpc) is 2.88. The molecule has 0 saturated heterocycles. The highest BCUT2D eigenvalue weighted by atomic mass is 32.1. The molecule has 1 amide bonds. The normalized spacial score (nSPS) is 12.0. The van der Waals surface area contributed by atoms with Crippen LogP contribution in [0.4, 0.5) is 9.52 Å². The molecule has 0 radical (unpaired) electrons.